The normalized spacial score (nSPS) is 11.5. The van der Waals surface area contributed by atoms with Crippen molar-refractivity contribution in [3.63, 3.8) is 0 Å². The third-order valence-corrected chi connectivity index (χ3v) is 6.09. The summed E-state index contributed by atoms with van der Waals surface area (Å²) in [5.41, 5.74) is 2.26. The number of carbonyl (C=O) groups is 2. The quantitative estimate of drug-likeness (QED) is 0.496. The second kappa shape index (κ2) is 9.46. The molecule has 0 fully saturated rings. The summed E-state index contributed by atoms with van der Waals surface area (Å²) in [6.07, 6.45) is 0. The molecule has 2 amide bonds. The van der Waals surface area contributed by atoms with Crippen LogP contribution in [-0.2, 0) is 10.0 Å². The first-order valence-electron chi connectivity index (χ1n) is 10.4. The van der Waals surface area contributed by atoms with E-state index in [1.165, 1.54) is 24.3 Å². The van der Waals surface area contributed by atoms with Gasteiger partial charge in [-0.15, -0.1) is 0 Å². The molecule has 0 atom stereocenters. The Kier molecular flexibility index (Phi) is 6.88. The Morgan fingerprint density at radius 3 is 1.88 bits per heavy atom. The number of carbonyl (C=O) groups excluding carboxylic acids is 2. The molecule has 0 heterocycles. The molecule has 3 rings (SSSR count). The highest BCUT2D eigenvalue weighted by atomic mass is 32.2. The number of sulfonamides is 1. The van der Waals surface area contributed by atoms with Gasteiger partial charge in [0.25, 0.3) is 21.8 Å². The molecule has 0 radical (unpaired) electrons. The SMILES string of the molecule is Cc1ccccc1NS(=O)(=O)c1ccc(C(=O)Nc2ccc(C(=O)NC(C)(C)C)cc2)cc1. The van der Waals surface area contributed by atoms with E-state index in [1.807, 2.05) is 39.8 Å². The molecule has 172 valence electrons. The second-order valence-electron chi connectivity index (χ2n) is 8.68. The van der Waals surface area contributed by atoms with Gasteiger partial charge in [0.1, 0.15) is 0 Å². The molecular formula is C25H27N3O4S. The highest BCUT2D eigenvalue weighted by Gasteiger charge is 2.17. The van der Waals surface area contributed by atoms with Gasteiger partial charge in [0.15, 0.2) is 0 Å². The number of aryl methyl sites for hydroxylation is 1. The van der Waals surface area contributed by atoms with Gasteiger partial charge in [-0.3, -0.25) is 14.3 Å². The number of hydrogen-bond acceptors (Lipinski definition) is 4. The highest BCUT2D eigenvalue weighted by molar-refractivity contribution is 7.92. The average Bonchev–Trinajstić information content (AvgIpc) is 2.74. The van der Waals surface area contributed by atoms with Crippen LogP contribution in [0.1, 0.15) is 47.1 Å². The first-order valence-corrected chi connectivity index (χ1v) is 11.9. The summed E-state index contributed by atoms with van der Waals surface area (Å²) in [7, 11) is -3.78. The van der Waals surface area contributed by atoms with Crippen molar-refractivity contribution >= 4 is 33.2 Å². The van der Waals surface area contributed by atoms with E-state index in [0.29, 0.717) is 22.5 Å². The zero-order chi connectivity index (χ0) is 24.2. The van der Waals surface area contributed by atoms with Gasteiger partial charge in [-0.1, -0.05) is 18.2 Å². The maximum absolute atomic E-state index is 12.7. The van der Waals surface area contributed by atoms with E-state index in [9.17, 15) is 18.0 Å². The molecule has 7 nitrogen and oxygen atoms in total. The molecule has 0 aromatic heterocycles. The van der Waals surface area contributed by atoms with Gasteiger partial charge in [-0.2, -0.15) is 0 Å². The van der Waals surface area contributed by atoms with Crippen LogP contribution in [0.25, 0.3) is 0 Å². The fourth-order valence-corrected chi connectivity index (χ4v) is 4.13. The van der Waals surface area contributed by atoms with Crippen molar-refractivity contribution in [2.45, 2.75) is 38.1 Å². The van der Waals surface area contributed by atoms with Crippen LogP contribution in [0.4, 0.5) is 11.4 Å². The van der Waals surface area contributed by atoms with Gasteiger partial charge < -0.3 is 10.6 Å². The maximum Gasteiger partial charge on any atom is 0.261 e. The zero-order valence-corrected chi connectivity index (χ0v) is 19.8. The lowest BCUT2D eigenvalue weighted by Crippen LogP contribution is -2.40. The second-order valence-corrected chi connectivity index (χ2v) is 10.4. The van der Waals surface area contributed by atoms with Crippen LogP contribution >= 0.6 is 0 Å². The maximum atomic E-state index is 12.7. The van der Waals surface area contributed by atoms with Crippen LogP contribution in [0.15, 0.2) is 77.7 Å². The van der Waals surface area contributed by atoms with E-state index in [-0.39, 0.29) is 16.3 Å². The fraction of sp³-hybridized carbons (Fsp3) is 0.200. The van der Waals surface area contributed by atoms with Crippen LogP contribution in [-0.4, -0.2) is 25.8 Å². The highest BCUT2D eigenvalue weighted by Crippen LogP contribution is 2.20. The van der Waals surface area contributed by atoms with Gasteiger partial charge in [-0.05, 0) is 87.9 Å². The summed E-state index contributed by atoms with van der Waals surface area (Å²) in [5, 5.41) is 5.62. The minimum Gasteiger partial charge on any atom is -0.347 e. The average molecular weight is 466 g/mol. The molecule has 0 saturated carbocycles. The molecular weight excluding hydrogens is 438 g/mol. The lowest BCUT2D eigenvalue weighted by Gasteiger charge is -2.20. The number of para-hydroxylation sites is 1. The predicted octanol–water partition coefficient (Wildman–Crippen LogP) is 4.58. The van der Waals surface area contributed by atoms with E-state index in [2.05, 4.69) is 15.4 Å². The standard InChI is InChI=1S/C25H27N3O4S/c1-17-7-5-6-8-22(17)28-33(31,32)21-15-11-18(12-16-21)23(29)26-20-13-9-19(10-14-20)24(30)27-25(2,3)4/h5-16,28H,1-4H3,(H,26,29)(H,27,30). The van der Waals surface area contributed by atoms with Crippen LogP contribution in [0, 0.1) is 6.92 Å². The first kappa shape index (κ1) is 24.0. The molecule has 3 aromatic carbocycles. The molecule has 0 bridgehead atoms. The summed E-state index contributed by atoms with van der Waals surface area (Å²) in [6, 6.07) is 19.3. The number of rotatable bonds is 6. The summed E-state index contributed by atoms with van der Waals surface area (Å²) >= 11 is 0. The summed E-state index contributed by atoms with van der Waals surface area (Å²) in [5.74, 6) is -0.589. The van der Waals surface area contributed by atoms with Crippen LogP contribution < -0.4 is 15.4 Å². The first-order chi connectivity index (χ1) is 15.4. The van der Waals surface area contributed by atoms with Crippen molar-refractivity contribution in [1.29, 1.82) is 0 Å². The fourth-order valence-electron chi connectivity index (χ4n) is 3.00. The van der Waals surface area contributed by atoms with E-state index < -0.39 is 15.9 Å². The Bertz CT molecular complexity index is 1260. The Morgan fingerprint density at radius 2 is 1.30 bits per heavy atom. The molecule has 3 aromatic rings. The van der Waals surface area contributed by atoms with Crippen molar-refractivity contribution in [2.24, 2.45) is 0 Å². The third-order valence-electron chi connectivity index (χ3n) is 4.71. The Morgan fingerprint density at radius 1 is 0.758 bits per heavy atom. The van der Waals surface area contributed by atoms with Crippen molar-refractivity contribution in [3.8, 4) is 0 Å². The molecule has 8 heteroatoms. The minimum absolute atomic E-state index is 0.0523. The van der Waals surface area contributed by atoms with Crippen LogP contribution in [0.2, 0.25) is 0 Å². The minimum atomic E-state index is -3.78. The molecule has 0 spiro atoms. The Balaban J connectivity index is 1.67. The predicted molar refractivity (Wildman–Crippen MR) is 130 cm³/mol. The van der Waals surface area contributed by atoms with Crippen molar-refractivity contribution in [2.75, 3.05) is 10.0 Å². The van der Waals surface area contributed by atoms with Crippen molar-refractivity contribution < 1.29 is 18.0 Å². The van der Waals surface area contributed by atoms with Gasteiger partial charge in [0.05, 0.1) is 10.6 Å². The zero-order valence-electron chi connectivity index (χ0n) is 19.0. The van der Waals surface area contributed by atoms with E-state index in [4.69, 9.17) is 0 Å². The van der Waals surface area contributed by atoms with E-state index in [1.54, 1.807) is 36.4 Å². The molecule has 0 aliphatic rings. The van der Waals surface area contributed by atoms with E-state index >= 15 is 0 Å². The van der Waals surface area contributed by atoms with Crippen LogP contribution in [0.3, 0.4) is 0 Å². The molecule has 0 unspecified atom stereocenters. The number of benzene rings is 3. The van der Waals surface area contributed by atoms with Crippen molar-refractivity contribution in [3.05, 3.63) is 89.5 Å². The molecule has 0 saturated heterocycles. The monoisotopic (exact) mass is 465 g/mol. The summed E-state index contributed by atoms with van der Waals surface area (Å²) < 4.78 is 27.9. The number of anilines is 2. The van der Waals surface area contributed by atoms with Gasteiger partial charge in [0.2, 0.25) is 0 Å². The van der Waals surface area contributed by atoms with Crippen molar-refractivity contribution in [1.82, 2.24) is 5.32 Å². The lowest BCUT2D eigenvalue weighted by molar-refractivity contribution is 0.0919. The summed E-state index contributed by atoms with van der Waals surface area (Å²) in [4.78, 5) is 24.8. The largest absolute Gasteiger partial charge is 0.347 e. The van der Waals surface area contributed by atoms with Gasteiger partial charge in [-0.25, -0.2) is 8.42 Å². The number of amides is 2. The van der Waals surface area contributed by atoms with Gasteiger partial charge in [0, 0.05) is 22.4 Å². The van der Waals surface area contributed by atoms with E-state index in [0.717, 1.165) is 5.56 Å². The van der Waals surface area contributed by atoms with Crippen LogP contribution in [0.5, 0.6) is 0 Å². The molecule has 3 N–H and O–H groups in total. The number of nitrogens with one attached hydrogen (secondary N) is 3. The topological polar surface area (TPSA) is 104 Å². The Hall–Kier alpha value is -3.65. The Labute approximate surface area is 194 Å². The van der Waals surface area contributed by atoms with Gasteiger partial charge >= 0.3 is 0 Å². The number of hydrogen-bond donors (Lipinski definition) is 3. The molecule has 0 aliphatic carbocycles. The third kappa shape index (κ3) is 6.43. The molecule has 33 heavy (non-hydrogen) atoms. The molecule has 0 aliphatic heterocycles. The smallest absolute Gasteiger partial charge is 0.261 e. The summed E-state index contributed by atoms with van der Waals surface area (Å²) in [6.45, 7) is 7.51. The lowest BCUT2D eigenvalue weighted by atomic mass is 10.1.